The van der Waals surface area contributed by atoms with Crippen LogP contribution in [0.25, 0.3) is 10.8 Å². The Labute approximate surface area is 130 Å². The Balaban J connectivity index is 1.73. The van der Waals surface area contributed by atoms with E-state index in [0.717, 1.165) is 5.56 Å². The number of hydrogen-bond acceptors (Lipinski definition) is 3. The number of rotatable bonds is 5. The molecule has 112 valence electrons. The Bertz CT molecular complexity index is 737. The molecule has 0 fully saturated rings. The SMILES string of the molecule is CC(NCC(O)c1ccncc1)c1cccc2ccccc12. The maximum atomic E-state index is 10.2. The van der Waals surface area contributed by atoms with Gasteiger partial charge in [-0.3, -0.25) is 4.98 Å². The maximum Gasteiger partial charge on any atom is 0.0915 e. The lowest BCUT2D eigenvalue weighted by molar-refractivity contribution is 0.171. The largest absolute Gasteiger partial charge is 0.387 e. The molecule has 0 bridgehead atoms. The summed E-state index contributed by atoms with van der Waals surface area (Å²) in [5.74, 6) is 0. The molecule has 2 atom stereocenters. The highest BCUT2D eigenvalue weighted by molar-refractivity contribution is 5.86. The van der Waals surface area contributed by atoms with E-state index in [1.165, 1.54) is 16.3 Å². The van der Waals surface area contributed by atoms with E-state index >= 15 is 0 Å². The first kappa shape index (κ1) is 14.7. The number of benzene rings is 2. The molecule has 3 aromatic rings. The van der Waals surface area contributed by atoms with Crippen molar-refractivity contribution in [2.45, 2.75) is 19.1 Å². The third-order valence-corrected chi connectivity index (χ3v) is 4.00. The molecular formula is C19H20N2O. The van der Waals surface area contributed by atoms with Gasteiger partial charge >= 0.3 is 0 Å². The number of fused-ring (bicyclic) bond motifs is 1. The van der Waals surface area contributed by atoms with E-state index < -0.39 is 6.10 Å². The van der Waals surface area contributed by atoms with Crippen LogP contribution in [0.3, 0.4) is 0 Å². The third kappa shape index (κ3) is 3.16. The van der Waals surface area contributed by atoms with Crippen LogP contribution in [0.15, 0.2) is 67.0 Å². The molecule has 0 aliphatic heterocycles. The average molecular weight is 292 g/mol. The predicted octanol–water partition coefficient (Wildman–Crippen LogP) is 3.62. The van der Waals surface area contributed by atoms with Gasteiger partial charge < -0.3 is 10.4 Å². The Hall–Kier alpha value is -2.23. The van der Waals surface area contributed by atoms with Crippen LogP contribution in [0, 0.1) is 0 Å². The quantitative estimate of drug-likeness (QED) is 0.755. The monoisotopic (exact) mass is 292 g/mol. The van der Waals surface area contributed by atoms with Crippen LogP contribution >= 0.6 is 0 Å². The lowest BCUT2D eigenvalue weighted by Crippen LogP contribution is -2.24. The molecule has 1 aromatic heterocycles. The Morgan fingerprint density at radius 3 is 2.55 bits per heavy atom. The first-order valence-electron chi connectivity index (χ1n) is 7.55. The van der Waals surface area contributed by atoms with Gasteiger partial charge in [0.1, 0.15) is 0 Å². The van der Waals surface area contributed by atoms with E-state index in [1.807, 2.05) is 12.1 Å². The highest BCUT2D eigenvalue weighted by Gasteiger charge is 2.12. The second kappa shape index (κ2) is 6.69. The van der Waals surface area contributed by atoms with Crippen molar-refractivity contribution in [3.05, 3.63) is 78.1 Å². The zero-order valence-corrected chi connectivity index (χ0v) is 12.6. The minimum Gasteiger partial charge on any atom is -0.387 e. The van der Waals surface area contributed by atoms with Crippen LogP contribution in [-0.4, -0.2) is 16.6 Å². The fraction of sp³-hybridized carbons (Fsp3) is 0.211. The second-order valence-corrected chi connectivity index (χ2v) is 5.49. The first-order valence-corrected chi connectivity index (χ1v) is 7.55. The van der Waals surface area contributed by atoms with Gasteiger partial charge in [-0.25, -0.2) is 0 Å². The molecule has 0 aliphatic carbocycles. The molecule has 0 aliphatic rings. The summed E-state index contributed by atoms with van der Waals surface area (Å²) in [5, 5.41) is 16.2. The highest BCUT2D eigenvalue weighted by atomic mass is 16.3. The molecule has 0 spiro atoms. The average Bonchev–Trinajstić information content (AvgIpc) is 2.59. The molecule has 0 saturated heterocycles. The molecule has 0 amide bonds. The van der Waals surface area contributed by atoms with E-state index in [4.69, 9.17) is 0 Å². The van der Waals surface area contributed by atoms with E-state index in [-0.39, 0.29) is 6.04 Å². The van der Waals surface area contributed by atoms with Crippen LogP contribution < -0.4 is 5.32 Å². The van der Waals surface area contributed by atoms with Crippen molar-refractivity contribution in [3.8, 4) is 0 Å². The van der Waals surface area contributed by atoms with E-state index in [2.05, 4.69) is 59.7 Å². The number of aliphatic hydroxyl groups excluding tert-OH is 1. The zero-order chi connectivity index (χ0) is 15.4. The number of pyridine rings is 1. The standard InChI is InChI=1S/C19H20N2O/c1-14(21-13-19(22)16-9-11-20-12-10-16)17-8-4-6-15-5-2-3-7-18(15)17/h2-12,14,19,21-22H,13H2,1H3. The summed E-state index contributed by atoms with van der Waals surface area (Å²) in [7, 11) is 0. The fourth-order valence-corrected chi connectivity index (χ4v) is 2.73. The minimum absolute atomic E-state index is 0.169. The van der Waals surface area contributed by atoms with Crippen molar-refractivity contribution < 1.29 is 5.11 Å². The molecule has 3 nitrogen and oxygen atoms in total. The van der Waals surface area contributed by atoms with E-state index in [1.54, 1.807) is 12.4 Å². The van der Waals surface area contributed by atoms with Crippen molar-refractivity contribution in [2.75, 3.05) is 6.54 Å². The highest BCUT2D eigenvalue weighted by Crippen LogP contribution is 2.24. The number of nitrogens with one attached hydrogen (secondary N) is 1. The summed E-state index contributed by atoms with van der Waals surface area (Å²) in [6.07, 6.45) is 2.87. The smallest absolute Gasteiger partial charge is 0.0915 e. The molecule has 2 N–H and O–H groups in total. The van der Waals surface area contributed by atoms with Gasteiger partial charge in [0.25, 0.3) is 0 Å². The summed E-state index contributed by atoms with van der Waals surface area (Å²) in [4.78, 5) is 3.97. The maximum absolute atomic E-state index is 10.2. The molecule has 0 radical (unpaired) electrons. The first-order chi connectivity index (χ1) is 10.8. The number of aliphatic hydroxyl groups is 1. The molecule has 3 heteroatoms. The van der Waals surface area contributed by atoms with Gasteiger partial charge in [0.05, 0.1) is 6.10 Å². The molecule has 2 unspecified atom stereocenters. The van der Waals surface area contributed by atoms with Gasteiger partial charge in [-0.2, -0.15) is 0 Å². The lowest BCUT2D eigenvalue weighted by Gasteiger charge is -2.19. The normalized spacial score (nSPS) is 13.9. The van der Waals surface area contributed by atoms with Gasteiger partial charge in [-0.15, -0.1) is 0 Å². The molecule has 0 saturated carbocycles. The minimum atomic E-state index is -0.527. The van der Waals surface area contributed by atoms with Crippen LogP contribution in [-0.2, 0) is 0 Å². The van der Waals surface area contributed by atoms with Crippen LogP contribution in [0.2, 0.25) is 0 Å². The van der Waals surface area contributed by atoms with Crippen LogP contribution in [0.1, 0.15) is 30.2 Å². The predicted molar refractivity (Wildman–Crippen MR) is 89.6 cm³/mol. The van der Waals surface area contributed by atoms with Gasteiger partial charge in [0.15, 0.2) is 0 Å². The second-order valence-electron chi connectivity index (χ2n) is 5.49. The van der Waals surface area contributed by atoms with Crippen molar-refractivity contribution in [1.82, 2.24) is 10.3 Å². The number of aromatic nitrogens is 1. The van der Waals surface area contributed by atoms with Crippen molar-refractivity contribution in [1.29, 1.82) is 0 Å². The van der Waals surface area contributed by atoms with Gasteiger partial charge in [0.2, 0.25) is 0 Å². The molecule has 3 rings (SSSR count). The summed E-state index contributed by atoms with van der Waals surface area (Å²) in [5.41, 5.74) is 2.13. The molecule has 1 heterocycles. The van der Waals surface area contributed by atoms with Crippen LogP contribution in [0.4, 0.5) is 0 Å². The van der Waals surface area contributed by atoms with Gasteiger partial charge in [-0.1, -0.05) is 42.5 Å². The third-order valence-electron chi connectivity index (χ3n) is 4.00. The summed E-state index contributed by atoms with van der Waals surface area (Å²) >= 11 is 0. The molecular weight excluding hydrogens is 272 g/mol. The van der Waals surface area contributed by atoms with Crippen molar-refractivity contribution in [3.63, 3.8) is 0 Å². The topological polar surface area (TPSA) is 45.1 Å². The van der Waals surface area contributed by atoms with Crippen molar-refractivity contribution >= 4 is 10.8 Å². The van der Waals surface area contributed by atoms with Gasteiger partial charge in [-0.05, 0) is 41.0 Å². The Kier molecular flexibility index (Phi) is 4.47. The number of hydrogen-bond donors (Lipinski definition) is 2. The lowest BCUT2D eigenvalue weighted by atomic mass is 9.99. The zero-order valence-electron chi connectivity index (χ0n) is 12.6. The van der Waals surface area contributed by atoms with Gasteiger partial charge in [0, 0.05) is 25.0 Å². The molecule has 22 heavy (non-hydrogen) atoms. The number of nitrogens with zero attached hydrogens (tertiary/aromatic N) is 1. The van der Waals surface area contributed by atoms with Crippen LogP contribution in [0.5, 0.6) is 0 Å². The fourth-order valence-electron chi connectivity index (χ4n) is 2.73. The Morgan fingerprint density at radius 2 is 1.73 bits per heavy atom. The summed E-state index contributed by atoms with van der Waals surface area (Å²) < 4.78 is 0. The van der Waals surface area contributed by atoms with E-state index in [0.29, 0.717) is 6.54 Å². The Morgan fingerprint density at radius 1 is 1.00 bits per heavy atom. The molecule has 2 aromatic carbocycles. The summed E-state index contributed by atoms with van der Waals surface area (Å²) in [6.45, 7) is 2.63. The summed E-state index contributed by atoms with van der Waals surface area (Å²) in [6, 6.07) is 18.6. The van der Waals surface area contributed by atoms with Crippen molar-refractivity contribution in [2.24, 2.45) is 0 Å². The van der Waals surface area contributed by atoms with E-state index in [9.17, 15) is 5.11 Å².